The molecule has 152 valence electrons. The van der Waals surface area contributed by atoms with Crippen LogP contribution in [0.15, 0.2) is 0 Å². The number of thiocarbonyl (C=S) groups is 1. The SMILES string of the molecule is CCCCCCCCCCCCCCC(=S)OCC(CO)(CO)CO.[Ba]. The third-order valence-electron chi connectivity index (χ3n) is 4.78. The van der Waals surface area contributed by atoms with E-state index in [0.717, 1.165) is 19.3 Å². The maximum atomic E-state index is 9.23. The summed E-state index contributed by atoms with van der Waals surface area (Å²) in [5.41, 5.74) is -0.999. The molecule has 3 N–H and O–H groups in total. The molecule has 0 atom stereocenters. The Bertz CT molecular complexity index is 304. The second-order valence-corrected chi connectivity index (χ2v) is 7.73. The quantitative estimate of drug-likeness (QED) is 0.147. The second kappa shape index (κ2) is 21.1. The molecule has 0 rings (SSSR count). The van der Waals surface area contributed by atoms with Crippen molar-refractivity contribution in [3.63, 3.8) is 0 Å². The van der Waals surface area contributed by atoms with Crippen LogP contribution in [0.4, 0.5) is 0 Å². The molecule has 2 radical (unpaired) electrons. The van der Waals surface area contributed by atoms with Gasteiger partial charge in [0, 0.05) is 55.3 Å². The largest absolute Gasteiger partial charge is 0.486 e. The zero-order valence-electron chi connectivity index (χ0n) is 16.9. The number of aliphatic hydroxyl groups excluding tert-OH is 3. The Labute approximate surface area is 206 Å². The van der Waals surface area contributed by atoms with Crippen LogP contribution in [-0.4, -0.2) is 95.7 Å². The van der Waals surface area contributed by atoms with Crippen molar-refractivity contribution < 1.29 is 20.1 Å². The van der Waals surface area contributed by atoms with Gasteiger partial charge in [-0.3, -0.25) is 0 Å². The zero-order valence-corrected chi connectivity index (χ0v) is 22.1. The molecule has 0 aromatic heterocycles. The summed E-state index contributed by atoms with van der Waals surface area (Å²) in [4.78, 5) is 0. The average Bonchev–Trinajstić information content (AvgIpc) is 2.64. The van der Waals surface area contributed by atoms with Crippen LogP contribution in [0.2, 0.25) is 0 Å². The van der Waals surface area contributed by atoms with Crippen LogP contribution < -0.4 is 0 Å². The van der Waals surface area contributed by atoms with Crippen molar-refractivity contribution in [3.05, 3.63) is 0 Å². The third kappa shape index (κ3) is 16.3. The molecule has 0 fully saturated rings. The topological polar surface area (TPSA) is 69.9 Å². The average molecular weight is 514 g/mol. The molecule has 6 heteroatoms. The Morgan fingerprint density at radius 3 is 1.50 bits per heavy atom. The Morgan fingerprint density at radius 1 is 0.731 bits per heavy atom. The first-order chi connectivity index (χ1) is 12.1. The molecule has 0 spiro atoms. The van der Waals surface area contributed by atoms with Crippen LogP contribution >= 0.6 is 12.2 Å². The van der Waals surface area contributed by atoms with Gasteiger partial charge in [-0.2, -0.15) is 0 Å². The molecule has 0 unspecified atom stereocenters. The predicted octanol–water partition coefficient (Wildman–Crippen LogP) is 4.00. The fraction of sp³-hybridized carbons (Fsp3) is 0.950. The number of hydrogen-bond acceptors (Lipinski definition) is 5. The van der Waals surface area contributed by atoms with Gasteiger partial charge in [-0.1, -0.05) is 77.6 Å². The summed E-state index contributed by atoms with van der Waals surface area (Å²) in [6, 6.07) is 0. The molecule has 0 heterocycles. The maximum Gasteiger partial charge on any atom is 0.159 e. The van der Waals surface area contributed by atoms with Crippen molar-refractivity contribution in [1.82, 2.24) is 0 Å². The van der Waals surface area contributed by atoms with E-state index in [-0.39, 0.29) is 75.3 Å². The van der Waals surface area contributed by atoms with Crippen molar-refractivity contribution in [1.29, 1.82) is 0 Å². The molecule has 0 aliphatic heterocycles. The van der Waals surface area contributed by atoms with Crippen molar-refractivity contribution in [2.24, 2.45) is 5.41 Å². The molecule has 26 heavy (non-hydrogen) atoms. The van der Waals surface area contributed by atoms with Crippen molar-refractivity contribution in [2.45, 2.75) is 90.4 Å². The van der Waals surface area contributed by atoms with Crippen LogP contribution in [-0.2, 0) is 4.74 Å². The normalized spacial score (nSPS) is 11.2. The van der Waals surface area contributed by atoms with E-state index in [9.17, 15) is 15.3 Å². The second-order valence-electron chi connectivity index (χ2n) is 7.27. The van der Waals surface area contributed by atoms with Crippen LogP contribution in [0.3, 0.4) is 0 Å². The molecule has 0 aromatic rings. The zero-order chi connectivity index (χ0) is 18.8. The minimum absolute atomic E-state index is 0. The summed E-state index contributed by atoms with van der Waals surface area (Å²) in [7, 11) is 0. The summed E-state index contributed by atoms with van der Waals surface area (Å²) in [6.07, 6.45) is 16.4. The van der Waals surface area contributed by atoms with Gasteiger partial charge in [-0.25, -0.2) is 0 Å². The van der Waals surface area contributed by atoms with Gasteiger partial charge in [0.2, 0.25) is 0 Å². The van der Waals surface area contributed by atoms with E-state index < -0.39 is 5.41 Å². The molecule has 0 amide bonds. The Hall–Kier alpha value is 1.34. The van der Waals surface area contributed by atoms with E-state index in [1.54, 1.807) is 0 Å². The summed E-state index contributed by atoms with van der Waals surface area (Å²) in [5, 5.41) is 28.2. The molecule has 4 nitrogen and oxygen atoms in total. The summed E-state index contributed by atoms with van der Waals surface area (Å²) >= 11 is 5.18. The van der Waals surface area contributed by atoms with E-state index in [0.29, 0.717) is 5.05 Å². The summed E-state index contributed by atoms with van der Waals surface area (Å²) in [6.45, 7) is 1.36. The van der Waals surface area contributed by atoms with Crippen molar-refractivity contribution in [3.8, 4) is 0 Å². The Morgan fingerprint density at radius 2 is 1.12 bits per heavy atom. The monoisotopic (exact) mass is 514 g/mol. The predicted molar refractivity (Wildman–Crippen MR) is 114 cm³/mol. The number of ether oxygens (including phenoxy) is 1. The fourth-order valence-corrected chi connectivity index (χ4v) is 2.91. The van der Waals surface area contributed by atoms with Crippen molar-refractivity contribution >= 4 is 66.1 Å². The molecule has 0 aromatic carbocycles. The molecule has 0 bridgehead atoms. The van der Waals surface area contributed by atoms with Gasteiger partial charge in [0.1, 0.15) is 6.61 Å². The van der Waals surface area contributed by atoms with E-state index in [1.807, 2.05) is 0 Å². The molecular weight excluding hydrogens is 474 g/mol. The number of aliphatic hydroxyl groups is 3. The van der Waals surface area contributed by atoms with Gasteiger partial charge in [0.25, 0.3) is 0 Å². The van der Waals surface area contributed by atoms with Crippen LogP contribution in [0.5, 0.6) is 0 Å². The van der Waals surface area contributed by atoms with Gasteiger partial charge < -0.3 is 20.1 Å². The van der Waals surface area contributed by atoms with Crippen LogP contribution in [0, 0.1) is 5.41 Å². The van der Waals surface area contributed by atoms with Crippen LogP contribution in [0.25, 0.3) is 0 Å². The first-order valence-corrected chi connectivity index (χ1v) is 10.5. The third-order valence-corrected chi connectivity index (χ3v) is 5.10. The van der Waals surface area contributed by atoms with Crippen molar-refractivity contribution in [2.75, 3.05) is 26.4 Å². The van der Waals surface area contributed by atoms with Gasteiger partial charge in [-0.15, -0.1) is 0 Å². The minimum atomic E-state index is -0.999. The van der Waals surface area contributed by atoms with E-state index in [2.05, 4.69) is 6.92 Å². The molecule has 0 aliphatic carbocycles. The number of unbranched alkanes of at least 4 members (excludes halogenated alkanes) is 11. The number of rotatable bonds is 18. The Balaban J connectivity index is 0. The fourth-order valence-electron chi connectivity index (χ4n) is 2.70. The van der Waals surface area contributed by atoms with Gasteiger partial charge >= 0.3 is 0 Å². The van der Waals surface area contributed by atoms with E-state index in [1.165, 1.54) is 64.2 Å². The summed E-state index contributed by atoms with van der Waals surface area (Å²) in [5.74, 6) is 0. The molecular formula is C20H40BaO4S. The smallest absolute Gasteiger partial charge is 0.159 e. The Kier molecular flexibility index (Phi) is 23.9. The first kappa shape index (κ1) is 29.5. The molecule has 0 saturated carbocycles. The van der Waals surface area contributed by atoms with Gasteiger partial charge in [0.15, 0.2) is 5.05 Å². The summed E-state index contributed by atoms with van der Waals surface area (Å²) < 4.78 is 5.43. The molecule has 0 saturated heterocycles. The maximum absolute atomic E-state index is 9.23. The van der Waals surface area contributed by atoms with Crippen LogP contribution in [0.1, 0.15) is 90.4 Å². The van der Waals surface area contributed by atoms with Gasteiger partial charge in [0.05, 0.1) is 25.2 Å². The van der Waals surface area contributed by atoms with Gasteiger partial charge in [-0.05, 0) is 18.6 Å². The number of hydrogen-bond donors (Lipinski definition) is 3. The standard InChI is InChI=1S/C20H40O4S.Ba/c1-2-3-4-5-6-7-8-9-10-11-12-13-14-19(25)24-18-20(15-21,16-22)17-23;/h21-23H,2-18H2,1H3;. The minimum Gasteiger partial charge on any atom is -0.486 e. The first-order valence-electron chi connectivity index (χ1n) is 10.1. The van der Waals surface area contributed by atoms with E-state index in [4.69, 9.17) is 17.0 Å². The van der Waals surface area contributed by atoms with E-state index >= 15 is 0 Å². The molecule has 0 aliphatic rings.